The minimum absolute atomic E-state index is 0.0585. The first-order chi connectivity index (χ1) is 11.2. The van der Waals surface area contributed by atoms with Crippen LogP contribution in [-0.2, 0) is 11.2 Å². The van der Waals surface area contributed by atoms with Crippen LogP contribution in [0, 0.1) is 4.77 Å². The maximum Gasteiger partial charge on any atom is 0.242 e. The smallest absolute Gasteiger partial charge is 0.242 e. The predicted molar refractivity (Wildman–Crippen MR) is 96.5 cm³/mol. The van der Waals surface area contributed by atoms with E-state index in [0.29, 0.717) is 17.1 Å². The molecule has 0 radical (unpaired) electrons. The topological polar surface area (TPSA) is 62.7 Å². The number of aromatic nitrogens is 3. The number of amides is 1. The van der Waals surface area contributed by atoms with Crippen LogP contribution in [0.25, 0.3) is 10.7 Å². The summed E-state index contributed by atoms with van der Waals surface area (Å²) in [7, 11) is 0. The molecule has 0 bridgehead atoms. The number of thiophene rings is 2. The molecule has 0 spiro atoms. The zero-order valence-electron chi connectivity index (χ0n) is 12.5. The quantitative estimate of drug-likeness (QED) is 0.656. The van der Waals surface area contributed by atoms with Crippen molar-refractivity contribution < 1.29 is 4.79 Å². The Kier molecular flexibility index (Phi) is 5.04. The van der Waals surface area contributed by atoms with Crippen molar-refractivity contribution in [1.29, 1.82) is 0 Å². The third-order valence-electron chi connectivity index (χ3n) is 3.46. The van der Waals surface area contributed by atoms with Gasteiger partial charge in [-0.1, -0.05) is 12.1 Å². The van der Waals surface area contributed by atoms with Crippen molar-refractivity contribution >= 4 is 40.8 Å². The monoisotopic (exact) mass is 364 g/mol. The second kappa shape index (κ2) is 7.20. The lowest BCUT2D eigenvalue weighted by Crippen LogP contribution is -2.32. The molecular weight excluding hydrogens is 348 g/mol. The number of nitrogens with one attached hydrogen (secondary N) is 2. The molecule has 8 heteroatoms. The lowest BCUT2D eigenvalue weighted by atomic mass is 10.2. The minimum atomic E-state index is -0.415. The molecule has 0 saturated carbocycles. The zero-order chi connectivity index (χ0) is 16.2. The largest absolute Gasteiger partial charge is 0.354 e. The maximum absolute atomic E-state index is 12.4. The molecule has 120 valence electrons. The van der Waals surface area contributed by atoms with E-state index in [2.05, 4.69) is 21.6 Å². The summed E-state index contributed by atoms with van der Waals surface area (Å²) in [6.07, 6.45) is 0.838. The number of nitrogens with zero attached hydrogens (tertiary/aromatic N) is 2. The lowest BCUT2D eigenvalue weighted by molar-refractivity contribution is -0.123. The lowest BCUT2D eigenvalue weighted by Gasteiger charge is -2.15. The molecule has 0 aliphatic carbocycles. The summed E-state index contributed by atoms with van der Waals surface area (Å²) >= 11 is 8.56. The number of H-pyrrole nitrogens is 1. The highest BCUT2D eigenvalue weighted by atomic mass is 32.1. The third kappa shape index (κ3) is 3.60. The van der Waals surface area contributed by atoms with Crippen LogP contribution < -0.4 is 5.32 Å². The van der Waals surface area contributed by atoms with Crippen LogP contribution in [0.4, 0.5) is 0 Å². The van der Waals surface area contributed by atoms with E-state index in [1.165, 1.54) is 4.88 Å². The summed E-state index contributed by atoms with van der Waals surface area (Å²) in [5.41, 5.74) is 0. The van der Waals surface area contributed by atoms with Crippen LogP contribution in [-0.4, -0.2) is 27.2 Å². The summed E-state index contributed by atoms with van der Waals surface area (Å²) in [6, 6.07) is 7.59. The summed E-state index contributed by atoms with van der Waals surface area (Å²) in [5.74, 6) is 0.641. The Labute approximate surface area is 147 Å². The number of hydrogen-bond donors (Lipinski definition) is 2. The van der Waals surface area contributed by atoms with E-state index in [1.807, 2.05) is 35.9 Å². The Morgan fingerprint density at radius 2 is 2.17 bits per heavy atom. The van der Waals surface area contributed by atoms with Crippen molar-refractivity contribution in [3.8, 4) is 10.7 Å². The molecule has 3 aromatic rings. The average Bonchev–Trinajstić information content (AvgIpc) is 3.27. The third-order valence-corrected chi connectivity index (χ3v) is 5.55. The summed E-state index contributed by atoms with van der Waals surface area (Å²) < 4.78 is 2.22. The van der Waals surface area contributed by atoms with Crippen molar-refractivity contribution in [1.82, 2.24) is 20.1 Å². The second-order valence-corrected chi connectivity index (χ2v) is 7.36. The van der Waals surface area contributed by atoms with E-state index in [4.69, 9.17) is 12.2 Å². The van der Waals surface area contributed by atoms with Gasteiger partial charge in [0, 0.05) is 11.4 Å². The first kappa shape index (κ1) is 16.1. The van der Waals surface area contributed by atoms with Gasteiger partial charge in [0.2, 0.25) is 5.91 Å². The van der Waals surface area contributed by atoms with Crippen molar-refractivity contribution in [3.63, 3.8) is 0 Å². The van der Waals surface area contributed by atoms with Gasteiger partial charge in [-0.15, -0.1) is 22.7 Å². The predicted octanol–water partition coefficient (Wildman–Crippen LogP) is 3.65. The van der Waals surface area contributed by atoms with Gasteiger partial charge in [0.25, 0.3) is 0 Å². The number of aromatic amines is 1. The summed E-state index contributed by atoms with van der Waals surface area (Å²) in [4.78, 5) is 14.7. The molecule has 23 heavy (non-hydrogen) atoms. The highest BCUT2D eigenvalue weighted by Crippen LogP contribution is 2.25. The number of carbonyl (C=O) groups excluding carboxylic acids is 1. The van der Waals surface area contributed by atoms with Crippen LogP contribution in [0.3, 0.4) is 0 Å². The van der Waals surface area contributed by atoms with Gasteiger partial charge >= 0.3 is 0 Å². The van der Waals surface area contributed by atoms with Crippen molar-refractivity contribution in [2.24, 2.45) is 0 Å². The minimum Gasteiger partial charge on any atom is -0.354 e. The Morgan fingerprint density at radius 1 is 1.39 bits per heavy atom. The van der Waals surface area contributed by atoms with Crippen molar-refractivity contribution in [3.05, 3.63) is 44.7 Å². The molecule has 5 nitrogen and oxygen atoms in total. The number of carbonyl (C=O) groups is 1. The van der Waals surface area contributed by atoms with E-state index in [1.54, 1.807) is 27.2 Å². The molecule has 1 atom stereocenters. The van der Waals surface area contributed by atoms with Gasteiger partial charge in [-0.25, -0.2) is 0 Å². The highest BCUT2D eigenvalue weighted by molar-refractivity contribution is 7.71. The van der Waals surface area contributed by atoms with E-state index < -0.39 is 6.04 Å². The molecule has 0 aliphatic rings. The van der Waals surface area contributed by atoms with Gasteiger partial charge in [0.1, 0.15) is 6.04 Å². The Hall–Kier alpha value is -1.77. The standard InChI is InChI=1S/C15H16N4OS3/c1-10(14(20)16-7-6-11-4-2-8-22-11)19-13(17-18-15(19)21)12-5-3-9-23-12/h2-5,8-10H,6-7H2,1H3,(H,16,20)(H,18,21). The molecule has 1 amide bonds. The molecule has 3 aromatic heterocycles. The van der Waals surface area contributed by atoms with Crippen molar-refractivity contribution in [2.75, 3.05) is 6.54 Å². The molecular formula is C15H16N4OS3. The number of rotatable bonds is 6. The SMILES string of the molecule is CC(C(=O)NCCc1cccs1)n1c(-c2cccs2)n[nH]c1=S. The molecule has 0 fully saturated rings. The Morgan fingerprint density at radius 3 is 2.87 bits per heavy atom. The van der Waals surface area contributed by atoms with Gasteiger partial charge in [-0.2, -0.15) is 5.10 Å². The first-order valence-electron chi connectivity index (χ1n) is 7.17. The molecule has 0 aromatic carbocycles. The van der Waals surface area contributed by atoms with E-state index in [0.717, 1.165) is 11.3 Å². The fraction of sp³-hybridized carbons (Fsp3) is 0.267. The fourth-order valence-corrected chi connectivity index (χ4v) is 3.98. The first-order valence-corrected chi connectivity index (χ1v) is 9.34. The second-order valence-electron chi connectivity index (χ2n) is 5.00. The van der Waals surface area contributed by atoms with Crippen LogP contribution >= 0.6 is 34.9 Å². The van der Waals surface area contributed by atoms with Gasteiger partial charge < -0.3 is 5.32 Å². The van der Waals surface area contributed by atoms with Gasteiger partial charge in [0.15, 0.2) is 10.6 Å². The summed E-state index contributed by atoms with van der Waals surface area (Å²) in [6.45, 7) is 2.45. The van der Waals surface area contributed by atoms with Crippen LogP contribution in [0.15, 0.2) is 35.0 Å². The summed E-state index contributed by atoms with van der Waals surface area (Å²) in [5, 5.41) is 14.0. The molecule has 3 heterocycles. The molecule has 1 unspecified atom stereocenters. The van der Waals surface area contributed by atoms with Crippen LogP contribution in [0.1, 0.15) is 17.8 Å². The zero-order valence-corrected chi connectivity index (χ0v) is 14.9. The normalized spacial score (nSPS) is 12.2. The van der Waals surface area contributed by atoms with Crippen LogP contribution in [0.5, 0.6) is 0 Å². The number of hydrogen-bond acceptors (Lipinski definition) is 5. The Bertz CT molecular complexity index is 817. The molecule has 0 saturated heterocycles. The molecule has 2 N–H and O–H groups in total. The Balaban J connectivity index is 1.70. The van der Waals surface area contributed by atoms with Gasteiger partial charge in [-0.05, 0) is 48.5 Å². The van der Waals surface area contributed by atoms with E-state index in [9.17, 15) is 4.79 Å². The van der Waals surface area contributed by atoms with Gasteiger partial charge in [0.05, 0.1) is 4.88 Å². The average molecular weight is 365 g/mol. The van der Waals surface area contributed by atoms with E-state index >= 15 is 0 Å². The van der Waals surface area contributed by atoms with Crippen LogP contribution in [0.2, 0.25) is 0 Å². The fourth-order valence-electron chi connectivity index (χ4n) is 2.27. The van der Waals surface area contributed by atoms with Gasteiger partial charge in [-0.3, -0.25) is 14.5 Å². The van der Waals surface area contributed by atoms with Crippen molar-refractivity contribution in [2.45, 2.75) is 19.4 Å². The highest BCUT2D eigenvalue weighted by Gasteiger charge is 2.20. The maximum atomic E-state index is 12.4. The molecule has 0 aliphatic heterocycles. The molecule has 3 rings (SSSR count). The van der Waals surface area contributed by atoms with E-state index in [-0.39, 0.29) is 5.91 Å².